The fraction of sp³-hybridized carbons (Fsp3) is 0.350. The maximum Gasteiger partial charge on any atom is 0.229 e. The van der Waals surface area contributed by atoms with E-state index in [1.165, 1.54) is 0 Å². The van der Waals surface area contributed by atoms with E-state index in [4.69, 9.17) is 0 Å². The van der Waals surface area contributed by atoms with Crippen molar-refractivity contribution in [1.82, 2.24) is 20.3 Å². The summed E-state index contributed by atoms with van der Waals surface area (Å²) in [5.41, 5.74) is 2.67. The molecule has 130 valence electrons. The fourth-order valence-corrected chi connectivity index (χ4v) is 2.91. The van der Waals surface area contributed by atoms with Crippen LogP contribution in [-0.2, 0) is 4.79 Å². The van der Waals surface area contributed by atoms with Gasteiger partial charge in [0.2, 0.25) is 5.91 Å². The van der Waals surface area contributed by atoms with E-state index in [0.29, 0.717) is 5.92 Å². The third kappa shape index (κ3) is 4.05. The van der Waals surface area contributed by atoms with Gasteiger partial charge in [0.05, 0.1) is 28.7 Å². The smallest absolute Gasteiger partial charge is 0.229 e. The van der Waals surface area contributed by atoms with Gasteiger partial charge in [-0.3, -0.25) is 9.78 Å². The standard InChI is InChI=1S/C20H24N4O/c1-13(2)12-18(19-22-16-9-4-5-10-17(16)23-19)24-20(25)14(3)15-8-6-7-11-21-15/h4-11,13-14,18H,12H2,1-3H3,(H,22,23)(H,24,25)/t14-,18-/m0/s1. The SMILES string of the molecule is CC(C)C[C@H](NC(=O)[C@@H](C)c1ccccn1)c1nc2ccccc2[nH]1. The average molecular weight is 336 g/mol. The molecule has 0 radical (unpaired) electrons. The molecule has 25 heavy (non-hydrogen) atoms. The Morgan fingerprint density at radius 2 is 1.88 bits per heavy atom. The van der Waals surface area contributed by atoms with Gasteiger partial charge in [-0.25, -0.2) is 4.98 Å². The van der Waals surface area contributed by atoms with Gasteiger partial charge in [-0.1, -0.05) is 32.0 Å². The number of hydrogen-bond acceptors (Lipinski definition) is 3. The first kappa shape index (κ1) is 17.1. The third-order valence-electron chi connectivity index (χ3n) is 4.29. The number of para-hydroxylation sites is 2. The van der Waals surface area contributed by atoms with Crippen LogP contribution < -0.4 is 5.32 Å². The molecular formula is C20H24N4O. The Bertz CT molecular complexity index is 808. The molecule has 3 aromatic rings. The van der Waals surface area contributed by atoms with Gasteiger partial charge in [0, 0.05) is 6.20 Å². The second-order valence-electron chi connectivity index (χ2n) is 6.81. The number of amides is 1. The van der Waals surface area contributed by atoms with E-state index in [1.54, 1.807) is 6.20 Å². The summed E-state index contributed by atoms with van der Waals surface area (Å²) in [6, 6.07) is 13.4. The highest BCUT2D eigenvalue weighted by Crippen LogP contribution is 2.23. The topological polar surface area (TPSA) is 70.7 Å². The highest BCUT2D eigenvalue weighted by molar-refractivity contribution is 5.83. The van der Waals surface area contributed by atoms with E-state index in [1.807, 2.05) is 49.4 Å². The monoisotopic (exact) mass is 336 g/mol. The number of rotatable bonds is 6. The predicted octanol–water partition coefficient (Wildman–Crippen LogP) is 3.97. The van der Waals surface area contributed by atoms with Crippen molar-refractivity contribution in [2.45, 2.75) is 39.2 Å². The maximum atomic E-state index is 12.7. The third-order valence-corrected chi connectivity index (χ3v) is 4.29. The molecule has 0 saturated heterocycles. The number of nitrogens with zero attached hydrogens (tertiary/aromatic N) is 2. The van der Waals surface area contributed by atoms with Crippen LogP contribution >= 0.6 is 0 Å². The van der Waals surface area contributed by atoms with Crippen LogP contribution in [0.15, 0.2) is 48.7 Å². The normalized spacial score (nSPS) is 13.8. The Labute approximate surface area is 147 Å². The Morgan fingerprint density at radius 1 is 1.12 bits per heavy atom. The fourth-order valence-electron chi connectivity index (χ4n) is 2.91. The molecule has 2 heterocycles. The summed E-state index contributed by atoms with van der Waals surface area (Å²) in [7, 11) is 0. The average Bonchev–Trinajstić information content (AvgIpc) is 3.05. The van der Waals surface area contributed by atoms with Crippen molar-refractivity contribution in [2.24, 2.45) is 5.92 Å². The zero-order valence-electron chi connectivity index (χ0n) is 14.9. The molecule has 0 aliphatic rings. The molecule has 2 atom stereocenters. The largest absolute Gasteiger partial charge is 0.346 e. The lowest BCUT2D eigenvalue weighted by atomic mass is 10.0. The molecule has 2 aromatic heterocycles. The lowest BCUT2D eigenvalue weighted by molar-refractivity contribution is -0.123. The molecule has 5 nitrogen and oxygen atoms in total. The first-order valence-corrected chi connectivity index (χ1v) is 8.70. The number of aromatic amines is 1. The predicted molar refractivity (Wildman–Crippen MR) is 99.1 cm³/mol. The van der Waals surface area contributed by atoms with Crippen LogP contribution in [0.25, 0.3) is 11.0 Å². The Morgan fingerprint density at radius 3 is 2.56 bits per heavy atom. The van der Waals surface area contributed by atoms with Crippen molar-refractivity contribution >= 4 is 16.9 Å². The van der Waals surface area contributed by atoms with Crippen LogP contribution in [-0.4, -0.2) is 20.9 Å². The van der Waals surface area contributed by atoms with Crippen LogP contribution in [0.2, 0.25) is 0 Å². The molecular weight excluding hydrogens is 312 g/mol. The van der Waals surface area contributed by atoms with Crippen LogP contribution in [0.5, 0.6) is 0 Å². The number of benzene rings is 1. The second-order valence-corrected chi connectivity index (χ2v) is 6.81. The summed E-state index contributed by atoms with van der Waals surface area (Å²) in [5.74, 6) is 0.894. The van der Waals surface area contributed by atoms with Crippen molar-refractivity contribution in [1.29, 1.82) is 0 Å². The molecule has 1 aromatic carbocycles. The number of pyridine rings is 1. The molecule has 0 aliphatic carbocycles. The maximum absolute atomic E-state index is 12.7. The summed E-state index contributed by atoms with van der Waals surface area (Å²) >= 11 is 0. The van der Waals surface area contributed by atoms with Gasteiger partial charge in [-0.05, 0) is 43.5 Å². The lowest BCUT2D eigenvalue weighted by Crippen LogP contribution is -2.33. The first-order valence-electron chi connectivity index (χ1n) is 8.70. The molecule has 0 bridgehead atoms. The highest BCUT2D eigenvalue weighted by atomic mass is 16.1. The zero-order chi connectivity index (χ0) is 17.8. The van der Waals surface area contributed by atoms with E-state index in [0.717, 1.165) is 29.0 Å². The van der Waals surface area contributed by atoms with Crippen LogP contribution in [0.4, 0.5) is 0 Å². The van der Waals surface area contributed by atoms with Crippen LogP contribution in [0.1, 0.15) is 50.7 Å². The van der Waals surface area contributed by atoms with Gasteiger partial charge in [-0.2, -0.15) is 0 Å². The Balaban J connectivity index is 1.82. The Kier molecular flexibility index (Phi) is 5.12. The van der Waals surface area contributed by atoms with Crippen LogP contribution in [0.3, 0.4) is 0 Å². The van der Waals surface area contributed by atoms with Gasteiger partial charge < -0.3 is 10.3 Å². The minimum atomic E-state index is -0.305. The number of carbonyl (C=O) groups excluding carboxylic acids is 1. The van der Waals surface area contributed by atoms with E-state index in [2.05, 4.69) is 34.1 Å². The van der Waals surface area contributed by atoms with E-state index >= 15 is 0 Å². The summed E-state index contributed by atoms with van der Waals surface area (Å²) < 4.78 is 0. The van der Waals surface area contributed by atoms with Crippen molar-refractivity contribution < 1.29 is 4.79 Å². The van der Waals surface area contributed by atoms with E-state index < -0.39 is 0 Å². The summed E-state index contributed by atoms with van der Waals surface area (Å²) in [5, 5.41) is 3.15. The molecule has 0 spiro atoms. The molecule has 0 unspecified atom stereocenters. The molecule has 0 saturated carbocycles. The molecule has 5 heteroatoms. The highest BCUT2D eigenvalue weighted by Gasteiger charge is 2.23. The number of fused-ring (bicyclic) bond motifs is 1. The van der Waals surface area contributed by atoms with Gasteiger partial charge in [0.25, 0.3) is 0 Å². The van der Waals surface area contributed by atoms with Gasteiger partial charge >= 0.3 is 0 Å². The van der Waals surface area contributed by atoms with Crippen molar-refractivity contribution in [3.63, 3.8) is 0 Å². The summed E-state index contributed by atoms with van der Waals surface area (Å²) in [6.07, 6.45) is 2.53. The Hall–Kier alpha value is -2.69. The summed E-state index contributed by atoms with van der Waals surface area (Å²) in [6.45, 7) is 6.16. The molecule has 0 fully saturated rings. The second kappa shape index (κ2) is 7.47. The van der Waals surface area contributed by atoms with Crippen molar-refractivity contribution in [3.8, 4) is 0 Å². The quantitative estimate of drug-likeness (QED) is 0.715. The van der Waals surface area contributed by atoms with Crippen LogP contribution in [0, 0.1) is 5.92 Å². The molecule has 3 rings (SSSR count). The number of aromatic nitrogens is 3. The van der Waals surface area contributed by atoms with Crippen molar-refractivity contribution in [2.75, 3.05) is 0 Å². The summed E-state index contributed by atoms with van der Waals surface area (Å²) in [4.78, 5) is 25.0. The van der Waals surface area contributed by atoms with Gasteiger partial charge in [0.1, 0.15) is 5.82 Å². The molecule has 2 N–H and O–H groups in total. The zero-order valence-corrected chi connectivity index (χ0v) is 14.9. The minimum Gasteiger partial charge on any atom is -0.346 e. The number of imidazole rings is 1. The molecule has 1 amide bonds. The first-order chi connectivity index (χ1) is 12.0. The molecule has 0 aliphatic heterocycles. The lowest BCUT2D eigenvalue weighted by Gasteiger charge is -2.21. The number of hydrogen-bond donors (Lipinski definition) is 2. The van der Waals surface area contributed by atoms with E-state index in [-0.39, 0.29) is 17.9 Å². The van der Waals surface area contributed by atoms with E-state index in [9.17, 15) is 4.79 Å². The van der Waals surface area contributed by atoms with Gasteiger partial charge in [-0.15, -0.1) is 0 Å². The number of nitrogens with one attached hydrogen (secondary N) is 2. The minimum absolute atomic E-state index is 0.0372. The number of H-pyrrole nitrogens is 1. The number of carbonyl (C=O) groups is 1. The van der Waals surface area contributed by atoms with Gasteiger partial charge in [0.15, 0.2) is 0 Å². The van der Waals surface area contributed by atoms with Crippen molar-refractivity contribution in [3.05, 3.63) is 60.2 Å².